The van der Waals surface area contributed by atoms with E-state index in [4.69, 9.17) is 0 Å². The van der Waals surface area contributed by atoms with Crippen molar-refractivity contribution in [1.82, 2.24) is 5.32 Å². The van der Waals surface area contributed by atoms with E-state index in [1.54, 1.807) is 0 Å². The van der Waals surface area contributed by atoms with E-state index < -0.39 is 0 Å². The van der Waals surface area contributed by atoms with Gasteiger partial charge < -0.3 is 5.32 Å². The largest absolute Gasteiger partial charge is 0.314 e. The highest BCUT2D eigenvalue weighted by molar-refractivity contribution is 5.82. The van der Waals surface area contributed by atoms with E-state index in [-0.39, 0.29) is 0 Å². The van der Waals surface area contributed by atoms with Crippen LogP contribution in [0.15, 0.2) is 48.5 Å². The Morgan fingerprint density at radius 3 is 2.43 bits per heavy atom. The molecule has 0 saturated carbocycles. The van der Waals surface area contributed by atoms with Crippen LogP contribution in [0.25, 0.3) is 11.6 Å². The second-order valence-electron chi connectivity index (χ2n) is 6.04. The van der Waals surface area contributed by atoms with Crippen LogP contribution in [0.1, 0.15) is 35.1 Å². The quantitative estimate of drug-likeness (QED) is 0.806. The van der Waals surface area contributed by atoms with Crippen LogP contribution in [0.4, 0.5) is 0 Å². The zero-order valence-electron chi connectivity index (χ0n) is 12.9. The van der Waals surface area contributed by atoms with Gasteiger partial charge in [0.05, 0.1) is 0 Å². The summed E-state index contributed by atoms with van der Waals surface area (Å²) in [6, 6.07) is 18.2. The Balaban J connectivity index is 1.95. The first-order valence-corrected chi connectivity index (χ1v) is 7.79. The van der Waals surface area contributed by atoms with Crippen LogP contribution in [-0.4, -0.2) is 12.6 Å². The van der Waals surface area contributed by atoms with Gasteiger partial charge in [-0.3, -0.25) is 0 Å². The number of rotatable bonds is 4. The monoisotopic (exact) mass is 277 g/mol. The molecule has 1 atom stereocenters. The first-order chi connectivity index (χ1) is 10.2. The predicted molar refractivity (Wildman–Crippen MR) is 91.3 cm³/mol. The van der Waals surface area contributed by atoms with E-state index in [1.807, 2.05) is 0 Å². The molecule has 2 aromatic rings. The summed E-state index contributed by atoms with van der Waals surface area (Å²) < 4.78 is 0. The third kappa shape index (κ3) is 3.43. The van der Waals surface area contributed by atoms with Crippen LogP contribution < -0.4 is 5.32 Å². The SMILES string of the molecule is Cc1ccc(/C(=C/c2ccccc2C)CC2CCN2)cc1. The van der Waals surface area contributed by atoms with Crippen LogP contribution in [0.3, 0.4) is 0 Å². The van der Waals surface area contributed by atoms with Gasteiger partial charge in [-0.05, 0) is 55.5 Å². The number of aryl methyl sites for hydroxylation is 2. The molecule has 1 nitrogen and oxygen atoms in total. The van der Waals surface area contributed by atoms with Gasteiger partial charge in [0, 0.05) is 6.04 Å². The van der Waals surface area contributed by atoms with E-state index in [9.17, 15) is 0 Å². The lowest BCUT2D eigenvalue weighted by Gasteiger charge is -2.29. The summed E-state index contributed by atoms with van der Waals surface area (Å²) in [7, 11) is 0. The zero-order chi connectivity index (χ0) is 14.7. The van der Waals surface area contributed by atoms with Crippen LogP contribution >= 0.6 is 0 Å². The standard InChI is InChI=1S/C20H23N/c1-15-7-9-17(10-8-15)19(14-20-11-12-21-20)13-18-6-4-3-5-16(18)2/h3-10,13,20-21H,11-12,14H2,1-2H3/b19-13+. The molecule has 1 saturated heterocycles. The van der Waals surface area contributed by atoms with Crippen molar-refractivity contribution in [2.24, 2.45) is 0 Å². The van der Waals surface area contributed by atoms with Crippen molar-refractivity contribution in [3.63, 3.8) is 0 Å². The molecule has 3 rings (SSSR count). The molecular weight excluding hydrogens is 254 g/mol. The summed E-state index contributed by atoms with van der Waals surface area (Å²) in [6.07, 6.45) is 4.76. The Hall–Kier alpha value is -1.86. The molecule has 0 aliphatic carbocycles. The Bertz CT molecular complexity index is 633. The summed E-state index contributed by atoms with van der Waals surface area (Å²) in [4.78, 5) is 0. The minimum absolute atomic E-state index is 0.640. The highest BCUT2D eigenvalue weighted by Gasteiger charge is 2.18. The molecule has 0 radical (unpaired) electrons. The molecule has 0 bridgehead atoms. The summed E-state index contributed by atoms with van der Waals surface area (Å²) in [5, 5.41) is 3.52. The van der Waals surface area contributed by atoms with Gasteiger partial charge in [-0.1, -0.05) is 60.2 Å². The number of benzene rings is 2. The average Bonchev–Trinajstić information content (AvgIpc) is 2.44. The number of nitrogens with one attached hydrogen (secondary N) is 1. The van der Waals surface area contributed by atoms with Gasteiger partial charge in [0.25, 0.3) is 0 Å². The van der Waals surface area contributed by atoms with Crippen molar-refractivity contribution in [2.45, 2.75) is 32.7 Å². The lowest BCUT2D eigenvalue weighted by Crippen LogP contribution is -2.42. The number of hydrogen-bond acceptors (Lipinski definition) is 1. The highest BCUT2D eigenvalue weighted by atomic mass is 15.0. The van der Waals surface area contributed by atoms with E-state index in [1.165, 1.54) is 34.2 Å². The molecule has 1 fully saturated rings. The van der Waals surface area contributed by atoms with Crippen LogP contribution in [0.2, 0.25) is 0 Å². The maximum Gasteiger partial charge on any atom is 0.0120 e. The van der Waals surface area contributed by atoms with E-state index in [0.717, 1.165) is 13.0 Å². The van der Waals surface area contributed by atoms with Crippen molar-refractivity contribution < 1.29 is 0 Å². The molecule has 1 heteroatoms. The summed E-state index contributed by atoms with van der Waals surface area (Å²) in [5.41, 5.74) is 6.76. The van der Waals surface area contributed by atoms with Gasteiger partial charge in [0.15, 0.2) is 0 Å². The first kappa shape index (κ1) is 14.1. The van der Waals surface area contributed by atoms with Gasteiger partial charge in [-0.25, -0.2) is 0 Å². The minimum Gasteiger partial charge on any atom is -0.314 e. The van der Waals surface area contributed by atoms with Crippen LogP contribution in [0.5, 0.6) is 0 Å². The third-order valence-corrected chi connectivity index (χ3v) is 4.33. The summed E-state index contributed by atoms with van der Waals surface area (Å²) in [5.74, 6) is 0. The normalized spacial score (nSPS) is 18.4. The van der Waals surface area contributed by atoms with E-state index in [2.05, 4.69) is 73.8 Å². The predicted octanol–water partition coefficient (Wildman–Crippen LogP) is 4.60. The third-order valence-electron chi connectivity index (χ3n) is 4.33. The van der Waals surface area contributed by atoms with Crippen LogP contribution in [0, 0.1) is 13.8 Å². The van der Waals surface area contributed by atoms with Crippen molar-refractivity contribution in [2.75, 3.05) is 6.54 Å². The molecule has 1 heterocycles. The lowest BCUT2D eigenvalue weighted by atomic mass is 9.91. The summed E-state index contributed by atoms with van der Waals surface area (Å²) in [6.45, 7) is 5.48. The van der Waals surface area contributed by atoms with Crippen molar-refractivity contribution >= 4 is 11.6 Å². The molecule has 2 aromatic carbocycles. The van der Waals surface area contributed by atoms with Gasteiger partial charge in [-0.15, -0.1) is 0 Å². The molecule has 108 valence electrons. The molecule has 21 heavy (non-hydrogen) atoms. The fourth-order valence-corrected chi connectivity index (χ4v) is 2.75. The maximum atomic E-state index is 3.52. The smallest absolute Gasteiger partial charge is 0.0120 e. The fourth-order valence-electron chi connectivity index (χ4n) is 2.75. The van der Waals surface area contributed by atoms with Gasteiger partial charge in [0.1, 0.15) is 0 Å². The zero-order valence-corrected chi connectivity index (χ0v) is 12.9. The maximum absolute atomic E-state index is 3.52. The van der Waals surface area contributed by atoms with Crippen LogP contribution in [-0.2, 0) is 0 Å². The first-order valence-electron chi connectivity index (χ1n) is 7.79. The summed E-state index contributed by atoms with van der Waals surface area (Å²) >= 11 is 0. The second-order valence-corrected chi connectivity index (χ2v) is 6.04. The Labute approximate surface area is 127 Å². The van der Waals surface area contributed by atoms with Crippen molar-refractivity contribution in [3.05, 3.63) is 70.8 Å². The Morgan fingerprint density at radius 2 is 1.81 bits per heavy atom. The number of hydrogen-bond donors (Lipinski definition) is 1. The fraction of sp³-hybridized carbons (Fsp3) is 0.300. The van der Waals surface area contributed by atoms with Gasteiger partial charge in [-0.2, -0.15) is 0 Å². The molecule has 1 aliphatic heterocycles. The molecule has 1 aliphatic rings. The van der Waals surface area contributed by atoms with Gasteiger partial charge in [0.2, 0.25) is 0 Å². The van der Waals surface area contributed by atoms with E-state index in [0.29, 0.717) is 6.04 Å². The van der Waals surface area contributed by atoms with Gasteiger partial charge >= 0.3 is 0 Å². The lowest BCUT2D eigenvalue weighted by molar-refractivity contribution is 0.378. The molecule has 0 aromatic heterocycles. The molecule has 0 amide bonds. The second kappa shape index (κ2) is 6.28. The Kier molecular flexibility index (Phi) is 4.21. The minimum atomic E-state index is 0.640. The van der Waals surface area contributed by atoms with Crippen molar-refractivity contribution in [1.29, 1.82) is 0 Å². The molecule has 0 spiro atoms. The highest BCUT2D eigenvalue weighted by Crippen LogP contribution is 2.27. The average molecular weight is 277 g/mol. The van der Waals surface area contributed by atoms with Crippen molar-refractivity contribution in [3.8, 4) is 0 Å². The molecular formula is C20H23N. The topological polar surface area (TPSA) is 12.0 Å². The molecule has 1 unspecified atom stereocenters. The van der Waals surface area contributed by atoms with E-state index >= 15 is 0 Å². The molecule has 1 N–H and O–H groups in total. The Morgan fingerprint density at radius 1 is 1.10 bits per heavy atom.